The summed E-state index contributed by atoms with van der Waals surface area (Å²) in [6, 6.07) is 9.66. The third kappa shape index (κ3) is 2.86. The van der Waals surface area contributed by atoms with Gasteiger partial charge in [-0.25, -0.2) is 0 Å². The first-order valence-electron chi connectivity index (χ1n) is 6.77. The largest absolute Gasteiger partial charge is 0.458 e. The number of rotatable bonds is 5. The highest BCUT2D eigenvalue weighted by Gasteiger charge is 2.19. The van der Waals surface area contributed by atoms with E-state index in [2.05, 4.69) is 14.9 Å². The number of ether oxygens (including phenoxy) is 1. The van der Waals surface area contributed by atoms with Crippen LogP contribution in [0.1, 0.15) is 27.2 Å². The van der Waals surface area contributed by atoms with Gasteiger partial charge in [-0.1, -0.05) is 22.7 Å². The van der Waals surface area contributed by atoms with Crippen LogP contribution in [0.25, 0.3) is 11.0 Å². The summed E-state index contributed by atoms with van der Waals surface area (Å²) < 4.78 is 15.0. The summed E-state index contributed by atoms with van der Waals surface area (Å²) in [5, 5.41) is 7.66. The lowest BCUT2D eigenvalue weighted by Gasteiger charge is -2.13. The molecule has 22 heavy (non-hydrogen) atoms. The first kappa shape index (κ1) is 14.7. The summed E-state index contributed by atoms with van der Waals surface area (Å²) in [7, 11) is 1.59. The Kier molecular flexibility index (Phi) is 4.17. The molecule has 0 aliphatic rings. The number of hydrogen-bond acceptors (Lipinski definition) is 6. The Morgan fingerprint density at radius 1 is 1.45 bits per heavy atom. The van der Waals surface area contributed by atoms with Gasteiger partial charge in [-0.2, -0.15) is 0 Å². The molecule has 0 spiro atoms. The number of aromatic nitrogens is 2. The zero-order chi connectivity index (χ0) is 15.5. The van der Waals surface area contributed by atoms with Crippen molar-refractivity contribution in [3.8, 4) is 0 Å². The van der Waals surface area contributed by atoms with E-state index >= 15 is 0 Å². The molecule has 0 saturated carbocycles. The number of carbonyl (C=O) groups is 1. The number of nitrogens with one attached hydrogen (secondary N) is 1. The zero-order valence-electron chi connectivity index (χ0n) is 12.2. The van der Waals surface area contributed by atoms with Gasteiger partial charge in [-0.15, -0.1) is 5.10 Å². The molecule has 0 aliphatic carbocycles. The Bertz CT molecular complexity index is 763. The molecule has 1 atom stereocenters. The lowest BCUT2D eigenvalue weighted by atomic mass is 10.2. The fraction of sp³-hybridized carbons (Fsp3) is 0.267. The molecule has 3 rings (SSSR count). The summed E-state index contributed by atoms with van der Waals surface area (Å²) in [4.78, 5) is 12.6. The van der Waals surface area contributed by atoms with E-state index in [1.54, 1.807) is 14.0 Å². The minimum Gasteiger partial charge on any atom is -0.458 e. The van der Waals surface area contributed by atoms with Crippen molar-refractivity contribution < 1.29 is 13.9 Å². The predicted molar refractivity (Wildman–Crippen MR) is 82.9 cm³/mol. The van der Waals surface area contributed by atoms with Crippen LogP contribution in [0.15, 0.2) is 34.7 Å². The van der Waals surface area contributed by atoms with Gasteiger partial charge in [0.1, 0.15) is 22.3 Å². The molecular weight excluding hydrogens is 302 g/mol. The smallest absolute Gasteiger partial charge is 0.265 e. The third-order valence-corrected chi connectivity index (χ3v) is 4.18. The standard InChI is InChI=1S/C15H15N3O3S/c1-9-14(22-18-17-9)15(19)16-8-13(20-2)12-7-10-5-3-4-6-11(10)21-12/h3-7,13H,8H2,1-2H3,(H,16,19)/t13-/m1/s1. The van der Waals surface area contributed by atoms with Crippen molar-refractivity contribution in [1.29, 1.82) is 0 Å². The molecule has 0 aliphatic heterocycles. The minimum absolute atomic E-state index is 0.203. The summed E-state index contributed by atoms with van der Waals surface area (Å²) in [5.41, 5.74) is 1.42. The van der Waals surface area contributed by atoms with Crippen LogP contribution in [0, 0.1) is 6.92 Å². The Balaban J connectivity index is 1.72. The van der Waals surface area contributed by atoms with Gasteiger partial charge < -0.3 is 14.5 Å². The molecule has 1 aromatic carbocycles. The van der Waals surface area contributed by atoms with Crippen molar-refractivity contribution in [2.75, 3.05) is 13.7 Å². The second-order valence-electron chi connectivity index (χ2n) is 4.81. The molecule has 0 fully saturated rings. The Labute approximate surface area is 131 Å². The van der Waals surface area contributed by atoms with Gasteiger partial charge in [0.05, 0.1) is 12.2 Å². The summed E-state index contributed by atoms with van der Waals surface area (Å²) in [5.74, 6) is 0.480. The van der Waals surface area contributed by atoms with Crippen molar-refractivity contribution in [3.05, 3.63) is 46.7 Å². The van der Waals surface area contributed by atoms with Gasteiger partial charge in [-0.05, 0) is 30.6 Å². The van der Waals surface area contributed by atoms with Crippen LogP contribution in [0.2, 0.25) is 0 Å². The van der Waals surface area contributed by atoms with Crippen molar-refractivity contribution in [3.63, 3.8) is 0 Å². The summed E-state index contributed by atoms with van der Waals surface area (Å²) in [6.07, 6.45) is -0.350. The number of hydrogen-bond donors (Lipinski definition) is 1. The highest BCUT2D eigenvalue weighted by atomic mass is 32.1. The van der Waals surface area contributed by atoms with Crippen LogP contribution in [-0.2, 0) is 4.74 Å². The maximum Gasteiger partial charge on any atom is 0.265 e. The maximum absolute atomic E-state index is 12.1. The molecular formula is C15H15N3O3S. The first-order chi connectivity index (χ1) is 10.7. The molecule has 0 unspecified atom stereocenters. The second kappa shape index (κ2) is 6.25. The third-order valence-electron chi connectivity index (χ3n) is 3.35. The molecule has 3 aromatic rings. The van der Waals surface area contributed by atoms with Gasteiger partial charge in [0, 0.05) is 12.5 Å². The molecule has 6 nitrogen and oxygen atoms in total. The van der Waals surface area contributed by atoms with Gasteiger partial charge in [0.2, 0.25) is 0 Å². The molecule has 1 N–H and O–H groups in total. The van der Waals surface area contributed by atoms with E-state index in [-0.39, 0.29) is 12.0 Å². The highest BCUT2D eigenvalue weighted by molar-refractivity contribution is 7.07. The maximum atomic E-state index is 12.1. The van der Waals surface area contributed by atoms with Gasteiger partial charge in [0.15, 0.2) is 0 Å². The topological polar surface area (TPSA) is 77.2 Å². The molecule has 2 aromatic heterocycles. The van der Waals surface area contributed by atoms with Crippen LogP contribution >= 0.6 is 11.5 Å². The lowest BCUT2D eigenvalue weighted by Crippen LogP contribution is -2.28. The van der Waals surface area contributed by atoms with Crippen molar-refractivity contribution in [2.24, 2.45) is 0 Å². The molecule has 0 radical (unpaired) electrons. The normalized spacial score (nSPS) is 12.5. The molecule has 2 heterocycles. The van der Waals surface area contributed by atoms with Gasteiger partial charge >= 0.3 is 0 Å². The Hall–Kier alpha value is -2.25. The molecule has 0 saturated heterocycles. The quantitative estimate of drug-likeness (QED) is 0.783. The molecule has 1 amide bonds. The van der Waals surface area contributed by atoms with Crippen molar-refractivity contribution in [2.45, 2.75) is 13.0 Å². The van der Waals surface area contributed by atoms with Crippen molar-refractivity contribution >= 4 is 28.4 Å². The van der Waals surface area contributed by atoms with Gasteiger partial charge in [0.25, 0.3) is 5.91 Å². The van der Waals surface area contributed by atoms with E-state index in [0.29, 0.717) is 22.9 Å². The minimum atomic E-state index is -0.350. The summed E-state index contributed by atoms with van der Waals surface area (Å²) in [6.45, 7) is 2.07. The lowest BCUT2D eigenvalue weighted by molar-refractivity contribution is 0.0748. The SMILES string of the molecule is CO[C@H](CNC(=O)c1snnc1C)c1cc2ccccc2o1. The Morgan fingerprint density at radius 2 is 2.27 bits per heavy atom. The van der Waals surface area contributed by atoms with E-state index in [0.717, 1.165) is 22.5 Å². The van der Waals surface area contributed by atoms with E-state index in [1.165, 1.54) is 0 Å². The molecule has 114 valence electrons. The van der Waals surface area contributed by atoms with E-state index < -0.39 is 0 Å². The average molecular weight is 317 g/mol. The number of fused-ring (bicyclic) bond motifs is 1. The van der Waals surface area contributed by atoms with Gasteiger partial charge in [-0.3, -0.25) is 4.79 Å². The first-order valence-corrected chi connectivity index (χ1v) is 7.55. The highest BCUT2D eigenvalue weighted by Crippen LogP contribution is 2.25. The van der Waals surface area contributed by atoms with E-state index in [1.807, 2.05) is 30.3 Å². The fourth-order valence-corrected chi connectivity index (χ4v) is 2.74. The number of methoxy groups -OCH3 is 1. The van der Waals surface area contributed by atoms with Crippen LogP contribution < -0.4 is 5.32 Å². The number of nitrogens with zero attached hydrogens (tertiary/aromatic N) is 2. The predicted octanol–water partition coefficient (Wildman–Crippen LogP) is 2.71. The van der Waals surface area contributed by atoms with E-state index in [9.17, 15) is 4.79 Å². The number of para-hydroxylation sites is 1. The van der Waals surface area contributed by atoms with E-state index in [4.69, 9.17) is 9.15 Å². The number of carbonyl (C=O) groups excluding carboxylic acids is 1. The molecule has 0 bridgehead atoms. The number of benzene rings is 1. The number of amides is 1. The number of furan rings is 1. The van der Waals surface area contributed by atoms with Crippen molar-refractivity contribution in [1.82, 2.24) is 14.9 Å². The van der Waals surface area contributed by atoms with Crippen LogP contribution in [0.4, 0.5) is 0 Å². The molecule has 7 heteroatoms. The second-order valence-corrected chi connectivity index (χ2v) is 5.56. The van der Waals surface area contributed by atoms with Crippen LogP contribution in [-0.4, -0.2) is 29.1 Å². The monoisotopic (exact) mass is 317 g/mol. The summed E-state index contributed by atoms with van der Waals surface area (Å²) >= 11 is 1.08. The van der Waals surface area contributed by atoms with Crippen LogP contribution in [0.3, 0.4) is 0 Å². The average Bonchev–Trinajstić information content (AvgIpc) is 3.13. The number of aryl methyl sites for hydroxylation is 1. The zero-order valence-corrected chi connectivity index (χ0v) is 13.0. The Morgan fingerprint density at radius 3 is 2.95 bits per heavy atom. The van der Waals surface area contributed by atoms with Crippen LogP contribution in [0.5, 0.6) is 0 Å². The fourth-order valence-electron chi connectivity index (χ4n) is 2.17.